The second-order valence-corrected chi connectivity index (χ2v) is 4.69. The van der Waals surface area contributed by atoms with Crippen molar-refractivity contribution in [1.82, 2.24) is 0 Å². The zero-order valence-electron chi connectivity index (χ0n) is 9.32. The number of aliphatic hydroxyl groups excluding tert-OH is 1. The van der Waals surface area contributed by atoms with E-state index in [0.29, 0.717) is 21.2 Å². The average molecular weight is 267 g/mol. The smallest absolute Gasteiger partial charge is 0.107 e. The first-order valence-corrected chi connectivity index (χ1v) is 6.04. The van der Waals surface area contributed by atoms with Crippen molar-refractivity contribution in [3.05, 3.63) is 69.2 Å². The highest BCUT2D eigenvalue weighted by atomic mass is 35.5. The van der Waals surface area contributed by atoms with Gasteiger partial charge >= 0.3 is 0 Å². The highest BCUT2D eigenvalue weighted by Crippen LogP contribution is 2.33. The van der Waals surface area contributed by atoms with E-state index in [1.54, 1.807) is 12.1 Å². The number of halogens is 2. The SMILES string of the molecule is Cc1cccc(C(O)c2ccccc2Cl)c1Cl. The van der Waals surface area contributed by atoms with Crippen molar-refractivity contribution in [2.45, 2.75) is 13.0 Å². The fourth-order valence-corrected chi connectivity index (χ4v) is 2.21. The van der Waals surface area contributed by atoms with Crippen LogP contribution in [-0.4, -0.2) is 5.11 Å². The summed E-state index contributed by atoms with van der Waals surface area (Å²) in [5.41, 5.74) is 2.29. The monoisotopic (exact) mass is 266 g/mol. The molecular formula is C14H12Cl2O. The third kappa shape index (κ3) is 2.47. The topological polar surface area (TPSA) is 20.2 Å². The Morgan fingerprint density at radius 3 is 2.29 bits per heavy atom. The van der Waals surface area contributed by atoms with Crippen LogP contribution in [0.15, 0.2) is 42.5 Å². The van der Waals surface area contributed by atoms with Crippen LogP contribution >= 0.6 is 23.2 Å². The second kappa shape index (κ2) is 5.09. The number of aryl methyl sites for hydroxylation is 1. The quantitative estimate of drug-likeness (QED) is 0.855. The number of aliphatic hydroxyl groups is 1. The molecule has 0 saturated carbocycles. The molecular weight excluding hydrogens is 255 g/mol. The van der Waals surface area contributed by atoms with Crippen LogP contribution in [0.3, 0.4) is 0 Å². The van der Waals surface area contributed by atoms with Crippen LogP contribution < -0.4 is 0 Å². The van der Waals surface area contributed by atoms with Crippen molar-refractivity contribution < 1.29 is 5.11 Å². The normalized spacial score (nSPS) is 12.5. The molecule has 0 aliphatic carbocycles. The lowest BCUT2D eigenvalue weighted by atomic mass is 10.00. The van der Waals surface area contributed by atoms with Crippen molar-refractivity contribution in [3.63, 3.8) is 0 Å². The maximum absolute atomic E-state index is 10.3. The molecule has 0 aliphatic rings. The third-order valence-corrected chi connectivity index (χ3v) is 3.58. The first-order chi connectivity index (χ1) is 8.11. The van der Waals surface area contributed by atoms with E-state index in [4.69, 9.17) is 23.2 Å². The van der Waals surface area contributed by atoms with E-state index in [2.05, 4.69) is 0 Å². The lowest BCUT2D eigenvalue weighted by molar-refractivity contribution is 0.220. The molecule has 0 heterocycles. The molecule has 2 rings (SSSR count). The van der Waals surface area contributed by atoms with E-state index in [1.807, 2.05) is 37.3 Å². The summed E-state index contributed by atoms with van der Waals surface area (Å²) >= 11 is 12.2. The number of hydrogen-bond acceptors (Lipinski definition) is 1. The highest BCUT2D eigenvalue weighted by molar-refractivity contribution is 6.32. The highest BCUT2D eigenvalue weighted by Gasteiger charge is 2.16. The molecule has 2 aromatic rings. The lowest BCUT2D eigenvalue weighted by Gasteiger charge is -2.15. The zero-order valence-corrected chi connectivity index (χ0v) is 10.8. The van der Waals surface area contributed by atoms with Crippen LogP contribution in [0.5, 0.6) is 0 Å². The minimum atomic E-state index is -0.795. The Labute approximate surface area is 111 Å². The van der Waals surface area contributed by atoms with Gasteiger partial charge in [-0.05, 0) is 18.6 Å². The van der Waals surface area contributed by atoms with Gasteiger partial charge in [0, 0.05) is 21.2 Å². The van der Waals surface area contributed by atoms with E-state index in [0.717, 1.165) is 5.56 Å². The summed E-state index contributed by atoms with van der Waals surface area (Å²) in [6.45, 7) is 1.91. The van der Waals surface area contributed by atoms with Gasteiger partial charge in [-0.1, -0.05) is 59.6 Å². The van der Waals surface area contributed by atoms with Gasteiger partial charge in [0.2, 0.25) is 0 Å². The molecule has 1 N–H and O–H groups in total. The van der Waals surface area contributed by atoms with Crippen LogP contribution in [0.1, 0.15) is 22.8 Å². The molecule has 2 aromatic carbocycles. The van der Waals surface area contributed by atoms with Crippen molar-refractivity contribution in [2.75, 3.05) is 0 Å². The summed E-state index contributed by atoms with van der Waals surface area (Å²) in [7, 11) is 0. The molecule has 3 heteroatoms. The van der Waals surface area contributed by atoms with Gasteiger partial charge < -0.3 is 5.11 Å². The molecule has 17 heavy (non-hydrogen) atoms. The summed E-state index contributed by atoms with van der Waals surface area (Å²) in [5, 5.41) is 11.4. The first-order valence-electron chi connectivity index (χ1n) is 5.28. The Balaban J connectivity index is 2.48. The Bertz CT molecular complexity index is 537. The summed E-state index contributed by atoms with van der Waals surface area (Å²) in [4.78, 5) is 0. The molecule has 0 aromatic heterocycles. The Hall–Kier alpha value is -1.02. The molecule has 0 saturated heterocycles. The minimum Gasteiger partial charge on any atom is -0.384 e. The molecule has 0 spiro atoms. The lowest BCUT2D eigenvalue weighted by Crippen LogP contribution is -2.01. The Morgan fingerprint density at radius 1 is 0.941 bits per heavy atom. The van der Waals surface area contributed by atoms with Crippen LogP contribution in [0.4, 0.5) is 0 Å². The first kappa shape index (κ1) is 12.4. The van der Waals surface area contributed by atoms with Crippen LogP contribution in [-0.2, 0) is 0 Å². The van der Waals surface area contributed by atoms with Gasteiger partial charge in [-0.3, -0.25) is 0 Å². The zero-order chi connectivity index (χ0) is 12.4. The van der Waals surface area contributed by atoms with Crippen LogP contribution in [0, 0.1) is 6.92 Å². The van der Waals surface area contributed by atoms with Crippen molar-refractivity contribution in [2.24, 2.45) is 0 Å². The van der Waals surface area contributed by atoms with E-state index in [-0.39, 0.29) is 0 Å². The number of benzene rings is 2. The predicted molar refractivity (Wildman–Crippen MR) is 71.7 cm³/mol. The summed E-state index contributed by atoms with van der Waals surface area (Å²) < 4.78 is 0. The Morgan fingerprint density at radius 2 is 1.59 bits per heavy atom. The average Bonchev–Trinajstić information content (AvgIpc) is 2.32. The molecule has 0 bridgehead atoms. The van der Waals surface area contributed by atoms with Crippen molar-refractivity contribution in [3.8, 4) is 0 Å². The van der Waals surface area contributed by atoms with Gasteiger partial charge in [0.15, 0.2) is 0 Å². The summed E-state index contributed by atoms with van der Waals surface area (Å²) in [6, 6.07) is 12.8. The molecule has 1 atom stereocenters. The minimum absolute atomic E-state index is 0.539. The van der Waals surface area contributed by atoms with Gasteiger partial charge in [0.05, 0.1) is 0 Å². The summed E-state index contributed by atoms with van der Waals surface area (Å²) in [6.07, 6.45) is -0.795. The van der Waals surface area contributed by atoms with Gasteiger partial charge in [-0.25, -0.2) is 0 Å². The molecule has 0 amide bonds. The molecule has 1 nitrogen and oxygen atoms in total. The third-order valence-electron chi connectivity index (χ3n) is 2.72. The number of rotatable bonds is 2. The molecule has 1 unspecified atom stereocenters. The maximum Gasteiger partial charge on any atom is 0.107 e. The van der Waals surface area contributed by atoms with Gasteiger partial charge in [0.1, 0.15) is 6.10 Å². The molecule has 0 radical (unpaired) electrons. The van der Waals surface area contributed by atoms with E-state index in [1.165, 1.54) is 0 Å². The fourth-order valence-electron chi connectivity index (χ4n) is 1.75. The number of hydrogen-bond donors (Lipinski definition) is 1. The van der Waals surface area contributed by atoms with E-state index >= 15 is 0 Å². The standard InChI is InChI=1S/C14H12Cl2O/c1-9-5-4-7-11(13(9)16)14(17)10-6-2-3-8-12(10)15/h2-8,14,17H,1H3. The van der Waals surface area contributed by atoms with Crippen molar-refractivity contribution in [1.29, 1.82) is 0 Å². The van der Waals surface area contributed by atoms with Crippen LogP contribution in [0.2, 0.25) is 10.0 Å². The Kier molecular flexibility index (Phi) is 3.72. The molecule has 0 aliphatic heterocycles. The summed E-state index contributed by atoms with van der Waals surface area (Å²) in [5.74, 6) is 0. The van der Waals surface area contributed by atoms with Gasteiger partial charge in [0.25, 0.3) is 0 Å². The van der Waals surface area contributed by atoms with E-state index in [9.17, 15) is 5.11 Å². The maximum atomic E-state index is 10.3. The van der Waals surface area contributed by atoms with Gasteiger partial charge in [-0.2, -0.15) is 0 Å². The van der Waals surface area contributed by atoms with Crippen molar-refractivity contribution >= 4 is 23.2 Å². The fraction of sp³-hybridized carbons (Fsp3) is 0.143. The van der Waals surface area contributed by atoms with Gasteiger partial charge in [-0.15, -0.1) is 0 Å². The molecule has 88 valence electrons. The van der Waals surface area contributed by atoms with Crippen LogP contribution in [0.25, 0.3) is 0 Å². The predicted octanol–water partition coefficient (Wildman–Crippen LogP) is 4.38. The van der Waals surface area contributed by atoms with E-state index < -0.39 is 6.10 Å². The largest absolute Gasteiger partial charge is 0.384 e. The second-order valence-electron chi connectivity index (χ2n) is 3.90. The molecule has 0 fully saturated rings.